The van der Waals surface area contributed by atoms with E-state index in [-0.39, 0.29) is 0 Å². The van der Waals surface area contributed by atoms with Crippen LogP contribution in [-0.4, -0.2) is 17.0 Å². The van der Waals surface area contributed by atoms with Crippen molar-refractivity contribution in [2.24, 2.45) is 0 Å². The molecule has 3 heteroatoms. The average Bonchev–Trinajstić information content (AvgIpc) is 2.45. The van der Waals surface area contributed by atoms with E-state index in [2.05, 4.69) is 55.6 Å². The first kappa shape index (κ1) is 15.5. The van der Waals surface area contributed by atoms with Crippen LogP contribution < -0.4 is 4.90 Å². The Kier molecular flexibility index (Phi) is 4.04. The fraction of sp³-hybridized carbons (Fsp3) is 0.444. The van der Waals surface area contributed by atoms with Gasteiger partial charge in [0.15, 0.2) is 0 Å². The van der Waals surface area contributed by atoms with Crippen molar-refractivity contribution in [1.82, 2.24) is 9.97 Å². The highest BCUT2D eigenvalue weighted by atomic mass is 15.2. The number of benzene rings is 1. The van der Waals surface area contributed by atoms with E-state index in [1.807, 2.05) is 20.9 Å². The van der Waals surface area contributed by atoms with Gasteiger partial charge in [-0.05, 0) is 82.3 Å². The van der Waals surface area contributed by atoms with Crippen molar-refractivity contribution < 1.29 is 0 Å². The van der Waals surface area contributed by atoms with Crippen molar-refractivity contribution in [3.05, 3.63) is 45.3 Å². The SMILES string of the molecule is Cc1cc(N(C)c2nc(C)c(C)c(C)n2)c(C)c(C)c1C. The molecule has 0 radical (unpaired) electrons. The zero-order chi connectivity index (χ0) is 15.9. The minimum absolute atomic E-state index is 0.765. The third-order valence-corrected chi connectivity index (χ3v) is 4.74. The molecule has 0 atom stereocenters. The molecular weight excluding hydrogens is 258 g/mol. The summed E-state index contributed by atoms with van der Waals surface area (Å²) in [6.07, 6.45) is 0. The zero-order valence-corrected chi connectivity index (χ0v) is 14.4. The van der Waals surface area contributed by atoms with Crippen LogP contribution in [0.15, 0.2) is 6.07 Å². The highest BCUT2D eigenvalue weighted by Gasteiger charge is 2.15. The molecule has 0 aliphatic heterocycles. The lowest BCUT2D eigenvalue weighted by atomic mass is 9.97. The molecule has 0 aliphatic carbocycles. The molecule has 0 N–H and O–H groups in total. The summed E-state index contributed by atoms with van der Waals surface area (Å²) in [5, 5.41) is 0. The summed E-state index contributed by atoms with van der Waals surface area (Å²) < 4.78 is 0. The molecule has 1 aromatic carbocycles. The van der Waals surface area contributed by atoms with Crippen molar-refractivity contribution in [2.45, 2.75) is 48.5 Å². The van der Waals surface area contributed by atoms with Crippen LogP contribution in [0.5, 0.6) is 0 Å². The number of aryl methyl sites for hydroxylation is 3. The molecular formula is C18H25N3. The summed E-state index contributed by atoms with van der Waals surface area (Å²) in [7, 11) is 2.04. The first-order valence-corrected chi connectivity index (χ1v) is 7.37. The molecule has 0 aliphatic rings. The van der Waals surface area contributed by atoms with Gasteiger partial charge in [-0.3, -0.25) is 0 Å². The number of hydrogen-bond acceptors (Lipinski definition) is 3. The molecule has 2 aromatic rings. The molecule has 0 saturated heterocycles. The van der Waals surface area contributed by atoms with Crippen LogP contribution in [0.1, 0.15) is 39.2 Å². The van der Waals surface area contributed by atoms with E-state index in [9.17, 15) is 0 Å². The van der Waals surface area contributed by atoms with E-state index < -0.39 is 0 Å². The van der Waals surface area contributed by atoms with Crippen molar-refractivity contribution in [2.75, 3.05) is 11.9 Å². The lowest BCUT2D eigenvalue weighted by Gasteiger charge is -2.23. The van der Waals surface area contributed by atoms with Crippen molar-refractivity contribution in [1.29, 1.82) is 0 Å². The van der Waals surface area contributed by atoms with Crippen LogP contribution in [-0.2, 0) is 0 Å². The lowest BCUT2D eigenvalue weighted by molar-refractivity contribution is 0.957. The van der Waals surface area contributed by atoms with E-state index >= 15 is 0 Å². The highest BCUT2D eigenvalue weighted by Crippen LogP contribution is 2.31. The van der Waals surface area contributed by atoms with Crippen molar-refractivity contribution >= 4 is 11.6 Å². The number of nitrogens with zero attached hydrogens (tertiary/aromatic N) is 3. The molecule has 0 amide bonds. The molecule has 112 valence electrons. The van der Waals surface area contributed by atoms with Crippen molar-refractivity contribution in [3.8, 4) is 0 Å². The Hall–Kier alpha value is -1.90. The minimum atomic E-state index is 0.765. The fourth-order valence-electron chi connectivity index (χ4n) is 2.55. The molecule has 0 fully saturated rings. The first-order chi connectivity index (χ1) is 9.73. The summed E-state index contributed by atoms with van der Waals surface area (Å²) in [5.74, 6) is 0.765. The number of hydrogen-bond donors (Lipinski definition) is 0. The Labute approximate surface area is 128 Å². The second-order valence-corrected chi connectivity index (χ2v) is 5.97. The number of aromatic nitrogens is 2. The van der Waals surface area contributed by atoms with Crippen LogP contribution in [0, 0.1) is 48.5 Å². The Bertz CT molecular complexity index is 679. The van der Waals surface area contributed by atoms with Crippen LogP contribution >= 0.6 is 0 Å². The maximum Gasteiger partial charge on any atom is 0.230 e. The van der Waals surface area contributed by atoms with Gasteiger partial charge in [0, 0.05) is 24.1 Å². The molecule has 0 bridgehead atoms. The summed E-state index contributed by atoms with van der Waals surface area (Å²) in [5.41, 5.74) is 9.74. The molecule has 1 heterocycles. The summed E-state index contributed by atoms with van der Waals surface area (Å²) in [6, 6.07) is 2.23. The van der Waals surface area contributed by atoms with Gasteiger partial charge in [0.25, 0.3) is 0 Å². The molecule has 3 nitrogen and oxygen atoms in total. The lowest BCUT2D eigenvalue weighted by Crippen LogP contribution is -2.17. The smallest absolute Gasteiger partial charge is 0.230 e. The minimum Gasteiger partial charge on any atom is -0.313 e. The second-order valence-electron chi connectivity index (χ2n) is 5.97. The van der Waals surface area contributed by atoms with E-state index in [1.165, 1.54) is 33.5 Å². The standard InChI is InChI=1S/C18H25N3/c1-10-9-17(13(4)12(3)11(10)2)21(8)18-19-15(6)14(5)16(7)20-18/h9H,1-8H3. The molecule has 0 spiro atoms. The van der Waals surface area contributed by atoms with Gasteiger partial charge in [0.05, 0.1) is 0 Å². The van der Waals surface area contributed by atoms with Gasteiger partial charge in [-0.2, -0.15) is 0 Å². The van der Waals surface area contributed by atoms with Crippen LogP contribution in [0.25, 0.3) is 0 Å². The summed E-state index contributed by atoms with van der Waals surface area (Å²) in [4.78, 5) is 11.4. The van der Waals surface area contributed by atoms with Gasteiger partial charge in [-0.1, -0.05) is 0 Å². The Morgan fingerprint density at radius 1 is 0.714 bits per heavy atom. The predicted octanol–water partition coefficient (Wildman–Crippen LogP) is 4.40. The molecule has 2 rings (SSSR count). The van der Waals surface area contributed by atoms with Gasteiger partial charge in [-0.15, -0.1) is 0 Å². The van der Waals surface area contributed by atoms with Crippen LogP contribution in [0.4, 0.5) is 11.6 Å². The third-order valence-electron chi connectivity index (χ3n) is 4.74. The van der Waals surface area contributed by atoms with Crippen LogP contribution in [0.2, 0.25) is 0 Å². The van der Waals surface area contributed by atoms with Gasteiger partial charge < -0.3 is 4.90 Å². The topological polar surface area (TPSA) is 29.0 Å². The zero-order valence-electron chi connectivity index (χ0n) is 14.4. The second kappa shape index (κ2) is 5.47. The Morgan fingerprint density at radius 2 is 1.24 bits per heavy atom. The third kappa shape index (κ3) is 2.65. The number of rotatable bonds is 2. The first-order valence-electron chi connectivity index (χ1n) is 7.37. The van der Waals surface area contributed by atoms with Crippen LogP contribution in [0.3, 0.4) is 0 Å². The van der Waals surface area contributed by atoms with E-state index in [0.717, 1.165) is 17.3 Å². The predicted molar refractivity (Wildman–Crippen MR) is 89.7 cm³/mol. The molecule has 0 saturated carbocycles. The summed E-state index contributed by atoms with van der Waals surface area (Å²) >= 11 is 0. The molecule has 0 unspecified atom stereocenters. The normalized spacial score (nSPS) is 10.9. The monoisotopic (exact) mass is 283 g/mol. The van der Waals surface area contributed by atoms with Gasteiger partial charge in [-0.25, -0.2) is 9.97 Å². The van der Waals surface area contributed by atoms with E-state index in [4.69, 9.17) is 0 Å². The van der Waals surface area contributed by atoms with Gasteiger partial charge in [0.1, 0.15) is 0 Å². The summed E-state index contributed by atoms with van der Waals surface area (Å²) in [6.45, 7) is 14.8. The maximum absolute atomic E-state index is 4.65. The van der Waals surface area contributed by atoms with E-state index in [0.29, 0.717) is 0 Å². The quantitative estimate of drug-likeness (QED) is 0.817. The molecule has 21 heavy (non-hydrogen) atoms. The molecule has 1 aromatic heterocycles. The average molecular weight is 283 g/mol. The highest BCUT2D eigenvalue weighted by molar-refractivity contribution is 5.65. The largest absolute Gasteiger partial charge is 0.313 e. The van der Waals surface area contributed by atoms with Crippen molar-refractivity contribution in [3.63, 3.8) is 0 Å². The van der Waals surface area contributed by atoms with E-state index in [1.54, 1.807) is 0 Å². The van der Waals surface area contributed by atoms with Gasteiger partial charge in [0.2, 0.25) is 5.95 Å². The maximum atomic E-state index is 4.65. The Balaban J connectivity index is 2.58. The van der Waals surface area contributed by atoms with Gasteiger partial charge >= 0.3 is 0 Å². The fourth-order valence-corrected chi connectivity index (χ4v) is 2.55. The Morgan fingerprint density at radius 3 is 1.76 bits per heavy atom. The number of anilines is 2.